The highest BCUT2D eigenvalue weighted by molar-refractivity contribution is 5.97. The summed E-state index contributed by atoms with van der Waals surface area (Å²) < 4.78 is 0. The maximum Gasteiger partial charge on any atom is 0.176 e. The van der Waals surface area contributed by atoms with Crippen LogP contribution in [-0.2, 0) is 0 Å². The number of likely N-dealkylation sites (N-methyl/N-ethyl adjacent to an activating group) is 1. The molecule has 0 fully saturated rings. The van der Waals surface area contributed by atoms with Gasteiger partial charge in [0.2, 0.25) is 0 Å². The van der Waals surface area contributed by atoms with Crippen LogP contribution in [0.15, 0.2) is 18.2 Å². The number of nitrogens with zero attached hydrogens (tertiary/aromatic N) is 1. The van der Waals surface area contributed by atoms with Gasteiger partial charge in [-0.15, -0.1) is 0 Å². The van der Waals surface area contributed by atoms with Crippen LogP contribution in [0.2, 0.25) is 0 Å². The highest BCUT2D eigenvalue weighted by Crippen LogP contribution is 2.12. The predicted octanol–water partition coefficient (Wildman–Crippen LogP) is 2.58. The minimum atomic E-state index is -0.778. The summed E-state index contributed by atoms with van der Waals surface area (Å²) in [5, 5.41) is 9.83. The Kier molecular flexibility index (Phi) is 5.27. The Hall–Kier alpha value is -1.19. The van der Waals surface area contributed by atoms with E-state index < -0.39 is 5.60 Å². The smallest absolute Gasteiger partial charge is 0.176 e. The number of aryl methyl sites for hydroxylation is 2. The summed E-state index contributed by atoms with van der Waals surface area (Å²) in [6.45, 7) is 11.2. The van der Waals surface area contributed by atoms with Gasteiger partial charge < -0.3 is 5.11 Å². The first-order valence-corrected chi connectivity index (χ1v) is 6.78. The molecule has 0 unspecified atom stereocenters. The summed E-state index contributed by atoms with van der Waals surface area (Å²) in [6, 6.07) is 5.80. The summed E-state index contributed by atoms with van der Waals surface area (Å²) in [5.41, 5.74) is 2.30. The number of hydrogen-bond acceptors (Lipinski definition) is 3. The first-order chi connectivity index (χ1) is 8.73. The zero-order valence-corrected chi connectivity index (χ0v) is 12.7. The monoisotopic (exact) mass is 263 g/mol. The maximum atomic E-state index is 12.2. The molecule has 1 rings (SSSR count). The van der Waals surface area contributed by atoms with E-state index in [1.54, 1.807) is 13.8 Å². The van der Waals surface area contributed by atoms with Gasteiger partial charge >= 0.3 is 0 Å². The van der Waals surface area contributed by atoms with Gasteiger partial charge in [0.1, 0.15) is 0 Å². The van der Waals surface area contributed by atoms with Crippen LogP contribution < -0.4 is 0 Å². The number of carbonyl (C=O) groups is 1. The Labute approximate surface area is 116 Å². The quantitative estimate of drug-likeness (QED) is 0.802. The zero-order valence-electron chi connectivity index (χ0n) is 12.7. The molecule has 0 aromatic heterocycles. The molecule has 0 aliphatic heterocycles. The summed E-state index contributed by atoms with van der Waals surface area (Å²) in [7, 11) is 0. The first-order valence-electron chi connectivity index (χ1n) is 6.78. The Bertz CT molecular complexity index is 447. The molecule has 0 saturated heterocycles. The second-order valence-electron chi connectivity index (χ2n) is 5.84. The van der Waals surface area contributed by atoms with E-state index in [-0.39, 0.29) is 5.78 Å². The highest BCUT2D eigenvalue weighted by Gasteiger charge is 2.19. The van der Waals surface area contributed by atoms with Crippen molar-refractivity contribution in [2.45, 2.75) is 40.2 Å². The average molecular weight is 263 g/mol. The molecule has 0 atom stereocenters. The Balaban J connectivity index is 2.74. The fourth-order valence-corrected chi connectivity index (χ4v) is 2.04. The van der Waals surface area contributed by atoms with Gasteiger partial charge in [-0.2, -0.15) is 0 Å². The van der Waals surface area contributed by atoms with Crippen LogP contribution in [-0.4, -0.2) is 41.0 Å². The Morgan fingerprint density at radius 2 is 1.89 bits per heavy atom. The van der Waals surface area contributed by atoms with Gasteiger partial charge in [-0.3, -0.25) is 9.69 Å². The number of aliphatic hydroxyl groups is 1. The van der Waals surface area contributed by atoms with E-state index in [1.165, 1.54) is 5.56 Å². The third-order valence-electron chi connectivity index (χ3n) is 3.25. The third kappa shape index (κ3) is 5.13. The molecule has 3 nitrogen and oxygen atoms in total. The molecule has 0 radical (unpaired) electrons. The van der Waals surface area contributed by atoms with Crippen molar-refractivity contribution in [1.82, 2.24) is 4.90 Å². The fraction of sp³-hybridized carbons (Fsp3) is 0.562. The van der Waals surface area contributed by atoms with Crippen LogP contribution in [0.5, 0.6) is 0 Å². The van der Waals surface area contributed by atoms with Crippen LogP contribution in [0.4, 0.5) is 0 Å². The largest absolute Gasteiger partial charge is 0.389 e. The van der Waals surface area contributed by atoms with Gasteiger partial charge in [0.15, 0.2) is 5.78 Å². The lowest BCUT2D eigenvalue weighted by molar-refractivity contribution is 0.0376. The molecule has 0 spiro atoms. The minimum Gasteiger partial charge on any atom is -0.389 e. The molecule has 0 heterocycles. The lowest BCUT2D eigenvalue weighted by Gasteiger charge is -2.27. The van der Waals surface area contributed by atoms with Crippen molar-refractivity contribution in [3.8, 4) is 0 Å². The van der Waals surface area contributed by atoms with Gasteiger partial charge in [-0.25, -0.2) is 0 Å². The number of hydrogen-bond donors (Lipinski definition) is 1. The third-order valence-corrected chi connectivity index (χ3v) is 3.25. The molecule has 0 saturated carbocycles. The second kappa shape index (κ2) is 6.31. The second-order valence-corrected chi connectivity index (χ2v) is 5.84. The molecule has 0 aliphatic carbocycles. The normalized spacial score (nSPS) is 11.9. The Morgan fingerprint density at radius 3 is 2.37 bits per heavy atom. The summed E-state index contributed by atoms with van der Waals surface area (Å²) in [6.07, 6.45) is 0. The molecule has 106 valence electrons. The molecule has 19 heavy (non-hydrogen) atoms. The van der Waals surface area contributed by atoms with Crippen molar-refractivity contribution in [1.29, 1.82) is 0 Å². The maximum absolute atomic E-state index is 12.2. The van der Waals surface area contributed by atoms with E-state index in [4.69, 9.17) is 0 Å². The van der Waals surface area contributed by atoms with E-state index >= 15 is 0 Å². The highest BCUT2D eigenvalue weighted by atomic mass is 16.3. The van der Waals surface area contributed by atoms with Gasteiger partial charge in [0, 0.05) is 12.1 Å². The van der Waals surface area contributed by atoms with Gasteiger partial charge in [-0.05, 0) is 51.4 Å². The standard InChI is InChI=1S/C16H25NO2/c1-6-17(11-16(4,5)19)10-15(18)14-8-7-12(2)13(3)9-14/h7-9,19H,6,10-11H2,1-5H3. The van der Waals surface area contributed by atoms with Gasteiger partial charge in [0.05, 0.1) is 12.1 Å². The van der Waals surface area contributed by atoms with E-state index in [9.17, 15) is 9.90 Å². The fourth-order valence-electron chi connectivity index (χ4n) is 2.04. The molecule has 1 aromatic rings. The van der Waals surface area contributed by atoms with Crippen molar-refractivity contribution in [2.75, 3.05) is 19.6 Å². The summed E-state index contributed by atoms with van der Waals surface area (Å²) in [5.74, 6) is 0.106. The predicted molar refractivity (Wildman–Crippen MR) is 78.7 cm³/mol. The molecular formula is C16H25NO2. The van der Waals surface area contributed by atoms with Crippen molar-refractivity contribution in [3.63, 3.8) is 0 Å². The van der Waals surface area contributed by atoms with Crippen molar-refractivity contribution < 1.29 is 9.90 Å². The number of benzene rings is 1. The molecule has 1 aromatic carbocycles. The summed E-state index contributed by atoms with van der Waals surface area (Å²) in [4.78, 5) is 14.2. The molecule has 0 aliphatic rings. The number of Topliss-reactive ketones (excluding diaryl/α,β-unsaturated/α-hetero) is 1. The molecular weight excluding hydrogens is 238 g/mol. The van der Waals surface area contributed by atoms with E-state index in [0.717, 1.165) is 17.7 Å². The zero-order chi connectivity index (χ0) is 14.6. The Morgan fingerprint density at radius 1 is 1.26 bits per heavy atom. The first kappa shape index (κ1) is 15.9. The van der Waals surface area contributed by atoms with Crippen LogP contribution in [0, 0.1) is 13.8 Å². The van der Waals surface area contributed by atoms with E-state index in [2.05, 4.69) is 0 Å². The molecule has 3 heteroatoms. The minimum absolute atomic E-state index is 0.106. The van der Waals surface area contributed by atoms with Crippen LogP contribution in [0.25, 0.3) is 0 Å². The van der Waals surface area contributed by atoms with E-state index in [0.29, 0.717) is 13.1 Å². The van der Waals surface area contributed by atoms with Crippen molar-refractivity contribution in [2.24, 2.45) is 0 Å². The van der Waals surface area contributed by atoms with Gasteiger partial charge in [0.25, 0.3) is 0 Å². The SMILES string of the molecule is CCN(CC(=O)c1ccc(C)c(C)c1)CC(C)(C)O. The topological polar surface area (TPSA) is 40.5 Å². The van der Waals surface area contributed by atoms with E-state index in [1.807, 2.05) is 43.9 Å². The average Bonchev–Trinajstić information content (AvgIpc) is 2.29. The van der Waals surface area contributed by atoms with Gasteiger partial charge in [-0.1, -0.05) is 19.1 Å². The van der Waals surface area contributed by atoms with Crippen molar-refractivity contribution in [3.05, 3.63) is 34.9 Å². The number of carbonyl (C=O) groups excluding carboxylic acids is 1. The van der Waals surface area contributed by atoms with Crippen LogP contribution in [0.1, 0.15) is 42.3 Å². The molecule has 1 N–H and O–H groups in total. The molecule has 0 bridgehead atoms. The van der Waals surface area contributed by atoms with Crippen LogP contribution in [0.3, 0.4) is 0 Å². The van der Waals surface area contributed by atoms with Crippen molar-refractivity contribution >= 4 is 5.78 Å². The lowest BCUT2D eigenvalue weighted by Crippen LogP contribution is -2.41. The number of rotatable bonds is 6. The summed E-state index contributed by atoms with van der Waals surface area (Å²) >= 11 is 0. The number of ketones is 1. The lowest BCUT2D eigenvalue weighted by atomic mass is 10.0. The molecule has 0 amide bonds. The van der Waals surface area contributed by atoms with Crippen LogP contribution >= 0.6 is 0 Å².